The van der Waals surface area contributed by atoms with Crippen LogP contribution >= 0.6 is 0 Å². The van der Waals surface area contributed by atoms with Crippen molar-refractivity contribution in [3.05, 3.63) is 53.6 Å². The van der Waals surface area contributed by atoms with E-state index in [0.29, 0.717) is 0 Å². The summed E-state index contributed by atoms with van der Waals surface area (Å²) < 4.78 is 0. The van der Waals surface area contributed by atoms with Gasteiger partial charge in [-0.15, -0.1) is 0 Å². The van der Waals surface area contributed by atoms with E-state index in [1.54, 1.807) is 36.4 Å². The van der Waals surface area contributed by atoms with Gasteiger partial charge in [0.1, 0.15) is 5.75 Å². The number of phenolic OH excluding ortho intramolecular Hbond substituents is 1. The quantitative estimate of drug-likeness (QED) is 0.868. The van der Waals surface area contributed by atoms with Crippen LogP contribution in [0.15, 0.2) is 42.5 Å². The van der Waals surface area contributed by atoms with Gasteiger partial charge in [-0.3, -0.25) is 0 Å². The SMILES string of the molecule is CCc1cc(O)ccc1-c1ccc(C(=O)O)cc1. The summed E-state index contributed by atoms with van der Waals surface area (Å²) in [6.45, 7) is 2.02. The van der Waals surface area contributed by atoms with Crippen LogP contribution in [0, 0.1) is 0 Å². The molecule has 2 aromatic rings. The van der Waals surface area contributed by atoms with Gasteiger partial charge in [0.25, 0.3) is 0 Å². The van der Waals surface area contributed by atoms with Gasteiger partial charge in [0, 0.05) is 0 Å². The highest BCUT2D eigenvalue weighted by Crippen LogP contribution is 2.27. The van der Waals surface area contributed by atoms with E-state index in [2.05, 4.69) is 0 Å². The molecule has 2 N–H and O–H groups in total. The average Bonchev–Trinajstić information content (AvgIpc) is 2.38. The molecule has 0 spiro atoms. The number of carbonyl (C=O) groups is 1. The van der Waals surface area contributed by atoms with Gasteiger partial charge in [0.05, 0.1) is 5.56 Å². The fraction of sp³-hybridized carbons (Fsp3) is 0.133. The third-order valence-corrected chi connectivity index (χ3v) is 2.91. The number of aryl methyl sites for hydroxylation is 1. The molecular formula is C15H14O3. The molecule has 3 heteroatoms. The average molecular weight is 242 g/mol. The van der Waals surface area contributed by atoms with Crippen molar-refractivity contribution in [1.29, 1.82) is 0 Å². The lowest BCUT2D eigenvalue weighted by molar-refractivity contribution is 0.0697. The highest BCUT2D eigenvalue weighted by Gasteiger charge is 2.07. The van der Waals surface area contributed by atoms with Gasteiger partial charge < -0.3 is 10.2 Å². The maximum absolute atomic E-state index is 10.8. The molecule has 0 amide bonds. The molecule has 0 unspecified atom stereocenters. The number of aromatic hydroxyl groups is 1. The van der Waals surface area contributed by atoms with Gasteiger partial charge in [0.15, 0.2) is 0 Å². The van der Waals surface area contributed by atoms with Crippen LogP contribution in [0.5, 0.6) is 5.75 Å². The fourth-order valence-corrected chi connectivity index (χ4v) is 1.95. The summed E-state index contributed by atoms with van der Waals surface area (Å²) in [6.07, 6.45) is 0.810. The third kappa shape index (κ3) is 2.35. The van der Waals surface area contributed by atoms with Gasteiger partial charge in [-0.1, -0.05) is 25.1 Å². The molecular weight excluding hydrogens is 228 g/mol. The minimum absolute atomic E-state index is 0.248. The molecule has 0 fully saturated rings. The zero-order valence-electron chi connectivity index (χ0n) is 10.1. The number of phenols is 1. The van der Waals surface area contributed by atoms with Gasteiger partial charge in [-0.2, -0.15) is 0 Å². The zero-order valence-corrected chi connectivity index (χ0v) is 10.1. The number of carboxylic acids is 1. The molecule has 2 aromatic carbocycles. The van der Waals surface area contributed by atoms with Gasteiger partial charge in [-0.05, 0) is 47.4 Å². The van der Waals surface area contributed by atoms with Gasteiger partial charge in [0.2, 0.25) is 0 Å². The lowest BCUT2D eigenvalue weighted by atomic mass is 9.97. The van der Waals surface area contributed by atoms with Gasteiger partial charge in [-0.25, -0.2) is 4.79 Å². The van der Waals surface area contributed by atoms with Crippen LogP contribution < -0.4 is 0 Å². The van der Waals surface area contributed by atoms with Gasteiger partial charge >= 0.3 is 5.97 Å². The first-order valence-electron chi connectivity index (χ1n) is 5.77. The number of benzene rings is 2. The van der Waals surface area contributed by atoms with Crippen molar-refractivity contribution in [1.82, 2.24) is 0 Å². The van der Waals surface area contributed by atoms with Crippen molar-refractivity contribution < 1.29 is 15.0 Å². The molecule has 92 valence electrons. The normalized spacial score (nSPS) is 10.3. The first-order valence-corrected chi connectivity index (χ1v) is 5.77. The van der Waals surface area contributed by atoms with Crippen molar-refractivity contribution in [3.63, 3.8) is 0 Å². The van der Waals surface area contributed by atoms with E-state index >= 15 is 0 Å². The summed E-state index contributed by atoms with van der Waals surface area (Å²) in [6, 6.07) is 12.0. The summed E-state index contributed by atoms with van der Waals surface area (Å²) in [7, 11) is 0. The maximum atomic E-state index is 10.8. The lowest BCUT2D eigenvalue weighted by Crippen LogP contribution is -1.95. The van der Waals surface area contributed by atoms with Crippen molar-refractivity contribution in [3.8, 4) is 16.9 Å². The van der Waals surface area contributed by atoms with E-state index in [1.165, 1.54) is 0 Å². The summed E-state index contributed by atoms with van der Waals surface area (Å²) in [5.74, 6) is -0.680. The fourth-order valence-electron chi connectivity index (χ4n) is 1.95. The molecule has 0 radical (unpaired) electrons. The zero-order chi connectivity index (χ0) is 13.1. The summed E-state index contributed by atoms with van der Waals surface area (Å²) in [5, 5.41) is 18.3. The Kier molecular flexibility index (Phi) is 3.33. The predicted molar refractivity (Wildman–Crippen MR) is 69.9 cm³/mol. The summed E-state index contributed by atoms with van der Waals surface area (Å²) >= 11 is 0. The molecule has 0 atom stereocenters. The molecule has 0 bridgehead atoms. The van der Waals surface area contributed by atoms with Crippen LogP contribution in [-0.2, 0) is 6.42 Å². The van der Waals surface area contributed by atoms with Crippen LogP contribution in [-0.4, -0.2) is 16.2 Å². The van der Waals surface area contributed by atoms with E-state index in [9.17, 15) is 9.90 Å². The Morgan fingerprint density at radius 3 is 2.33 bits per heavy atom. The number of hydrogen-bond donors (Lipinski definition) is 2. The largest absolute Gasteiger partial charge is 0.508 e. The second kappa shape index (κ2) is 4.92. The van der Waals surface area contributed by atoms with Crippen LogP contribution in [0.3, 0.4) is 0 Å². The molecule has 18 heavy (non-hydrogen) atoms. The highest BCUT2D eigenvalue weighted by molar-refractivity contribution is 5.88. The van der Waals surface area contributed by atoms with Crippen molar-refractivity contribution in [2.75, 3.05) is 0 Å². The first-order chi connectivity index (χ1) is 8.61. The van der Waals surface area contributed by atoms with E-state index in [-0.39, 0.29) is 11.3 Å². The smallest absolute Gasteiger partial charge is 0.335 e. The van der Waals surface area contributed by atoms with E-state index < -0.39 is 5.97 Å². The summed E-state index contributed by atoms with van der Waals surface area (Å²) in [4.78, 5) is 10.8. The Hall–Kier alpha value is -2.29. The molecule has 0 heterocycles. The maximum Gasteiger partial charge on any atom is 0.335 e. The molecule has 2 rings (SSSR count). The van der Waals surface area contributed by atoms with Crippen LogP contribution in [0.4, 0.5) is 0 Å². The van der Waals surface area contributed by atoms with E-state index in [1.807, 2.05) is 13.0 Å². The Labute approximate surface area is 105 Å². The second-order valence-electron chi connectivity index (χ2n) is 4.08. The molecule has 0 aliphatic carbocycles. The number of rotatable bonds is 3. The molecule has 3 nitrogen and oxygen atoms in total. The Morgan fingerprint density at radius 2 is 1.78 bits per heavy atom. The molecule has 0 saturated heterocycles. The first kappa shape index (κ1) is 12.2. The molecule has 0 aromatic heterocycles. The highest BCUT2D eigenvalue weighted by atomic mass is 16.4. The summed E-state index contributed by atoms with van der Waals surface area (Å²) in [5.41, 5.74) is 3.29. The Morgan fingerprint density at radius 1 is 1.11 bits per heavy atom. The Balaban J connectivity index is 2.45. The number of aromatic carboxylic acids is 1. The Bertz CT molecular complexity index is 571. The van der Waals surface area contributed by atoms with Crippen molar-refractivity contribution in [2.45, 2.75) is 13.3 Å². The molecule has 0 aliphatic rings. The lowest BCUT2D eigenvalue weighted by Gasteiger charge is -2.09. The molecule has 0 saturated carbocycles. The van der Waals surface area contributed by atoms with Crippen molar-refractivity contribution in [2.24, 2.45) is 0 Å². The van der Waals surface area contributed by atoms with E-state index in [4.69, 9.17) is 5.11 Å². The van der Waals surface area contributed by atoms with Crippen LogP contribution in [0.1, 0.15) is 22.8 Å². The predicted octanol–water partition coefficient (Wildman–Crippen LogP) is 3.32. The van der Waals surface area contributed by atoms with Crippen LogP contribution in [0.2, 0.25) is 0 Å². The van der Waals surface area contributed by atoms with Crippen LogP contribution in [0.25, 0.3) is 11.1 Å². The minimum atomic E-state index is -0.928. The number of hydrogen-bond acceptors (Lipinski definition) is 2. The topological polar surface area (TPSA) is 57.5 Å². The minimum Gasteiger partial charge on any atom is -0.508 e. The monoisotopic (exact) mass is 242 g/mol. The number of carboxylic acid groups (broad SMARTS) is 1. The standard InChI is InChI=1S/C15H14O3/c1-2-10-9-13(16)7-8-14(10)11-3-5-12(6-4-11)15(17)18/h3-9,16H,2H2,1H3,(H,17,18). The molecule has 0 aliphatic heterocycles. The third-order valence-electron chi connectivity index (χ3n) is 2.91. The van der Waals surface area contributed by atoms with E-state index in [0.717, 1.165) is 23.1 Å². The second-order valence-corrected chi connectivity index (χ2v) is 4.08. The van der Waals surface area contributed by atoms with Crippen molar-refractivity contribution >= 4 is 5.97 Å².